The van der Waals surface area contributed by atoms with E-state index >= 15 is 0 Å². The van der Waals surface area contributed by atoms with Crippen LogP contribution in [0, 0.1) is 11.8 Å². The van der Waals surface area contributed by atoms with Gasteiger partial charge in [-0.15, -0.1) is 0 Å². The molecule has 1 saturated heterocycles. The van der Waals surface area contributed by atoms with Gasteiger partial charge in [0.05, 0.1) is 14.2 Å². The van der Waals surface area contributed by atoms with E-state index in [2.05, 4.69) is 28.8 Å². The number of nitrogens with zero attached hydrogens (tertiary/aromatic N) is 1. The molecule has 0 saturated carbocycles. The molecule has 1 heterocycles. The van der Waals surface area contributed by atoms with Crippen LogP contribution >= 0.6 is 0 Å². The Morgan fingerprint density at radius 2 is 1.85 bits per heavy atom. The fourth-order valence-corrected chi connectivity index (χ4v) is 3.53. The molecule has 1 aromatic rings. The van der Waals surface area contributed by atoms with Crippen molar-refractivity contribution >= 4 is 11.9 Å². The monoisotopic (exact) mass is 378 g/mol. The van der Waals surface area contributed by atoms with Crippen molar-refractivity contribution in [2.24, 2.45) is 11.8 Å². The molecule has 0 radical (unpaired) electrons. The molecule has 7 heteroatoms. The summed E-state index contributed by atoms with van der Waals surface area (Å²) in [5, 5.41) is 2.95. The first-order valence-corrected chi connectivity index (χ1v) is 9.31. The van der Waals surface area contributed by atoms with Gasteiger partial charge in [-0.25, -0.2) is 4.79 Å². The van der Waals surface area contributed by atoms with Gasteiger partial charge in [0.15, 0.2) is 18.1 Å². The van der Waals surface area contributed by atoms with E-state index in [-0.39, 0.29) is 12.5 Å². The molecule has 0 bridgehead atoms. The lowest BCUT2D eigenvalue weighted by atomic mass is 9.92. The Kier molecular flexibility index (Phi) is 7.91. The summed E-state index contributed by atoms with van der Waals surface area (Å²) in [5.41, 5.74) is 0.484. The molecule has 1 fully saturated rings. The number of rotatable bonds is 8. The average Bonchev–Trinajstić information content (AvgIpc) is 2.65. The molecule has 150 valence electrons. The van der Waals surface area contributed by atoms with Crippen LogP contribution in [0.4, 0.5) is 0 Å². The lowest BCUT2D eigenvalue weighted by Gasteiger charge is -2.34. The van der Waals surface area contributed by atoms with Crippen molar-refractivity contribution in [1.82, 2.24) is 10.2 Å². The van der Waals surface area contributed by atoms with Crippen LogP contribution in [0.3, 0.4) is 0 Å². The zero-order valence-corrected chi connectivity index (χ0v) is 16.6. The van der Waals surface area contributed by atoms with Gasteiger partial charge in [0, 0.05) is 31.7 Å². The first kappa shape index (κ1) is 21.0. The van der Waals surface area contributed by atoms with E-state index in [9.17, 15) is 9.59 Å². The lowest BCUT2D eigenvalue weighted by Crippen LogP contribution is -2.42. The van der Waals surface area contributed by atoms with Gasteiger partial charge in [0.25, 0.3) is 5.91 Å². The summed E-state index contributed by atoms with van der Waals surface area (Å²) in [6, 6.07) is 4.87. The Balaban J connectivity index is 1.87. The van der Waals surface area contributed by atoms with Crippen molar-refractivity contribution in [2.45, 2.75) is 20.3 Å². The molecular weight excluding hydrogens is 348 g/mol. The maximum atomic E-state index is 12.4. The number of carbonyl (C=O) groups is 2. The summed E-state index contributed by atoms with van der Waals surface area (Å²) in [4.78, 5) is 26.0. The molecule has 7 nitrogen and oxygen atoms in total. The predicted octanol–water partition coefficient (Wildman–Crippen LogP) is 1.95. The third-order valence-corrected chi connectivity index (χ3v) is 4.66. The lowest BCUT2D eigenvalue weighted by molar-refractivity contribution is -0.142. The molecule has 27 heavy (non-hydrogen) atoms. The summed E-state index contributed by atoms with van der Waals surface area (Å²) < 4.78 is 15.2. The minimum atomic E-state index is -0.486. The summed E-state index contributed by atoms with van der Waals surface area (Å²) in [5.74, 6) is 1.53. The van der Waals surface area contributed by atoms with E-state index in [0.717, 1.165) is 19.6 Å². The first-order chi connectivity index (χ1) is 12.9. The van der Waals surface area contributed by atoms with E-state index in [4.69, 9.17) is 9.47 Å². The van der Waals surface area contributed by atoms with Crippen molar-refractivity contribution in [1.29, 1.82) is 0 Å². The maximum absolute atomic E-state index is 12.4. The highest BCUT2D eigenvalue weighted by molar-refractivity contribution is 5.94. The van der Waals surface area contributed by atoms with Crippen molar-refractivity contribution < 1.29 is 23.8 Å². The number of hydrogen-bond acceptors (Lipinski definition) is 6. The predicted molar refractivity (Wildman–Crippen MR) is 102 cm³/mol. The molecule has 1 amide bonds. The van der Waals surface area contributed by atoms with Gasteiger partial charge in [0.1, 0.15) is 0 Å². The second kappa shape index (κ2) is 10.2. The molecular formula is C20H30N2O5. The Morgan fingerprint density at radius 3 is 2.48 bits per heavy atom. The third-order valence-electron chi connectivity index (χ3n) is 4.66. The van der Waals surface area contributed by atoms with Crippen LogP contribution in [0.5, 0.6) is 11.5 Å². The fraction of sp³-hybridized carbons (Fsp3) is 0.600. The van der Waals surface area contributed by atoms with Crippen LogP contribution in [0.2, 0.25) is 0 Å². The molecule has 1 aliphatic heterocycles. The van der Waals surface area contributed by atoms with Crippen LogP contribution in [0.25, 0.3) is 0 Å². The molecule has 2 unspecified atom stereocenters. The Hall–Kier alpha value is -2.28. The van der Waals surface area contributed by atoms with Gasteiger partial charge in [0.2, 0.25) is 0 Å². The number of hydrogen-bond donors (Lipinski definition) is 1. The van der Waals surface area contributed by atoms with E-state index in [1.807, 2.05) is 0 Å². The van der Waals surface area contributed by atoms with Crippen LogP contribution < -0.4 is 14.8 Å². The number of esters is 1. The van der Waals surface area contributed by atoms with Gasteiger partial charge >= 0.3 is 5.97 Å². The maximum Gasteiger partial charge on any atom is 0.343 e. The van der Waals surface area contributed by atoms with Crippen LogP contribution in [0.1, 0.15) is 30.6 Å². The summed E-state index contributed by atoms with van der Waals surface area (Å²) in [6.07, 6.45) is 1.27. The highest BCUT2D eigenvalue weighted by Gasteiger charge is 2.21. The Morgan fingerprint density at radius 1 is 1.15 bits per heavy atom. The number of benzene rings is 1. The second-order valence-corrected chi connectivity index (χ2v) is 7.19. The van der Waals surface area contributed by atoms with Crippen molar-refractivity contribution in [3.05, 3.63) is 23.8 Å². The highest BCUT2D eigenvalue weighted by Crippen LogP contribution is 2.28. The van der Waals surface area contributed by atoms with Gasteiger partial charge in [-0.2, -0.15) is 0 Å². The number of nitrogens with one attached hydrogen (secondary N) is 1. The van der Waals surface area contributed by atoms with E-state index in [1.54, 1.807) is 18.2 Å². The summed E-state index contributed by atoms with van der Waals surface area (Å²) >= 11 is 0. The smallest absolute Gasteiger partial charge is 0.343 e. The molecule has 0 spiro atoms. The van der Waals surface area contributed by atoms with Crippen molar-refractivity contribution in [2.75, 3.05) is 47.0 Å². The number of carbonyl (C=O) groups excluding carboxylic acids is 2. The molecule has 1 aromatic carbocycles. The molecule has 0 aliphatic carbocycles. The number of methoxy groups -OCH3 is 2. The number of ether oxygens (including phenoxy) is 3. The van der Waals surface area contributed by atoms with Crippen molar-refractivity contribution in [3.8, 4) is 11.5 Å². The van der Waals surface area contributed by atoms with Crippen LogP contribution in [-0.2, 0) is 9.53 Å². The van der Waals surface area contributed by atoms with Gasteiger partial charge in [-0.3, -0.25) is 4.79 Å². The number of likely N-dealkylation sites (tertiary alicyclic amines) is 1. The van der Waals surface area contributed by atoms with Gasteiger partial charge in [-0.05, 0) is 36.5 Å². The molecule has 0 aromatic heterocycles. The first-order valence-electron chi connectivity index (χ1n) is 9.31. The number of amides is 1. The van der Waals surface area contributed by atoms with E-state index < -0.39 is 5.97 Å². The normalized spacial score (nSPS) is 20.0. The zero-order valence-electron chi connectivity index (χ0n) is 16.6. The molecule has 2 atom stereocenters. The van der Waals surface area contributed by atoms with Crippen molar-refractivity contribution in [3.63, 3.8) is 0 Å². The minimum Gasteiger partial charge on any atom is -0.493 e. The van der Waals surface area contributed by atoms with Gasteiger partial charge in [-0.1, -0.05) is 13.8 Å². The zero-order chi connectivity index (χ0) is 19.8. The SMILES string of the molecule is COC(=O)COc1ccc(C(=O)NCCN2CC(C)CC(C)C2)cc1OC. The summed E-state index contributed by atoms with van der Waals surface area (Å²) in [6.45, 7) is 7.94. The Bertz CT molecular complexity index is 639. The topological polar surface area (TPSA) is 77.1 Å². The third kappa shape index (κ3) is 6.43. The van der Waals surface area contributed by atoms with Crippen LogP contribution in [0.15, 0.2) is 18.2 Å². The molecule has 2 rings (SSSR count). The quantitative estimate of drug-likeness (QED) is 0.697. The van der Waals surface area contributed by atoms with E-state index in [0.29, 0.717) is 35.4 Å². The largest absolute Gasteiger partial charge is 0.493 e. The van der Waals surface area contributed by atoms with Gasteiger partial charge < -0.3 is 24.4 Å². The average molecular weight is 378 g/mol. The standard InChI is InChI=1S/C20H30N2O5/c1-14-9-15(2)12-22(11-14)8-7-21-20(24)16-5-6-17(18(10-16)25-3)27-13-19(23)26-4/h5-6,10,14-15H,7-9,11-13H2,1-4H3,(H,21,24). The molecule has 1 N–H and O–H groups in total. The fourth-order valence-electron chi connectivity index (χ4n) is 3.53. The Labute approximate surface area is 161 Å². The number of piperidine rings is 1. The minimum absolute atomic E-state index is 0.161. The van der Waals surface area contributed by atoms with Crippen LogP contribution in [-0.4, -0.2) is 63.8 Å². The van der Waals surface area contributed by atoms with E-state index in [1.165, 1.54) is 20.6 Å². The molecule has 1 aliphatic rings. The second-order valence-electron chi connectivity index (χ2n) is 7.19. The summed E-state index contributed by atoms with van der Waals surface area (Å²) in [7, 11) is 2.78. The highest BCUT2D eigenvalue weighted by atomic mass is 16.6.